The minimum Gasteiger partial charge on any atom is -0.462 e. The van der Waals surface area contributed by atoms with E-state index in [0.29, 0.717) is 34.9 Å². The summed E-state index contributed by atoms with van der Waals surface area (Å²) in [5.41, 5.74) is 1.76. The van der Waals surface area contributed by atoms with E-state index in [1.54, 1.807) is 31.2 Å². The molecule has 0 saturated heterocycles. The van der Waals surface area contributed by atoms with Crippen LogP contribution in [0.4, 0.5) is 5.69 Å². The minimum absolute atomic E-state index is 0.0364. The topological polar surface area (TPSA) is 77.3 Å². The molecule has 2 aromatic rings. The first-order valence-electron chi connectivity index (χ1n) is 11.1. The Bertz CT molecular complexity index is 1240. The number of aliphatic imine (C=N–C) groups is 2. The van der Waals surface area contributed by atoms with Gasteiger partial charge in [-0.3, -0.25) is 4.79 Å². The Morgan fingerprint density at radius 2 is 1.82 bits per heavy atom. The number of halogens is 1. The fourth-order valence-corrected chi connectivity index (χ4v) is 4.38. The summed E-state index contributed by atoms with van der Waals surface area (Å²) in [4.78, 5) is 34.9. The van der Waals surface area contributed by atoms with Crippen molar-refractivity contribution in [2.45, 2.75) is 39.5 Å². The zero-order chi connectivity index (χ0) is 24.3. The van der Waals surface area contributed by atoms with Crippen LogP contribution in [0.1, 0.15) is 45.1 Å². The van der Waals surface area contributed by atoms with Gasteiger partial charge < -0.3 is 9.47 Å². The number of Topliss-reactive ketones (excluding diaryl/α,β-unsaturated/α-hetero) is 1. The lowest BCUT2D eigenvalue weighted by atomic mass is 9.70. The van der Waals surface area contributed by atoms with Crippen LogP contribution in [0, 0.1) is 5.41 Å². The predicted molar refractivity (Wildman–Crippen MR) is 130 cm³/mol. The summed E-state index contributed by atoms with van der Waals surface area (Å²) in [5.74, 6) is -0.722. The number of ether oxygens (including phenoxy) is 2. The molecule has 0 N–H and O–H groups in total. The molecule has 0 radical (unpaired) electrons. The number of benzene rings is 2. The van der Waals surface area contributed by atoms with Crippen molar-refractivity contribution in [1.82, 2.24) is 0 Å². The lowest BCUT2D eigenvalue weighted by molar-refractivity contribution is -0.139. The second-order valence-corrected chi connectivity index (χ2v) is 9.40. The van der Waals surface area contributed by atoms with Gasteiger partial charge in [-0.05, 0) is 42.2 Å². The van der Waals surface area contributed by atoms with E-state index in [1.165, 1.54) is 0 Å². The van der Waals surface area contributed by atoms with Gasteiger partial charge in [0.25, 0.3) is 0 Å². The van der Waals surface area contributed by atoms with Crippen LogP contribution in [0.25, 0.3) is 0 Å². The van der Waals surface area contributed by atoms with Gasteiger partial charge in [0.2, 0.25) is 5.88 Å². The van der Waals surface area contributed by atoms with E-state index in [0.717, 1.165) is 5.56 Å². The molecule has 0 saturated carbocycles. The average Bonchev–Trinajstić information content (AvgIpc) is 2.79. The van der Waals surface area contributed by atoms with Gasteiger partial charge in [0.1, 0.15) is 17.3 Å². The van der Waals surface area contributed by atoms with Crippen LogP contribution >= 0.6 is 11.6 Å². The highest BCUT2D eigenvalue weighted by atomic mass is 35.5. The molecule has 1 atom stereocenters. The van der Waals surface area contributed by atoms with Crippen LogP contribution in [0.2, 0.25) is 5.02 Å². The number of nitrogens with zero attached hydrogens (tertiary/aromatic N) is 2. The smallest absolute Gasteiger partial charge is 0.340 e. The van der Waals surface area contributed by atoms with Gasteiger partial charge in [0, 0.05) is 23.4 Å². The van der Waals surface area contributed by atoms with Crippen molar-refractivity contribution < 1.29 is 19.1 Å². The Balaban J connectivity index is 1.87. The molecule has 1 aliphatic heterocycles. The third-order valence-corrected chi connectivity index (χ3v) is 5.94. The number of allylic oxidation sites excluding steroid dienone is 2. The molecule has 1 heterocycles. The van der Waals surface area contributed by atoms with Crippen molar-refractivity contribution in [2.75, 3.05) is 6.61 Å². The molecule has 6 nitrogen and oxygen atoms in total. The third kappa shape index (κ3) is 5.04. The summed E-state index contributed by atoms with van der Waals surface area (Å²) in [6.07, 6.45) is 0.909. The third-order valence-electron chi connectivity index (χ3n) is 5.69. The molecule has 34 heavy (non-hydrogen) atoms. The van der Waals surface area contributed by atoms with Gasteiger partial charge >= 0.3 is 5.97 Å². The summed E-state index contributed by atoms with van der Waals surface area (Å²) >= 11 is 5.93. The first-order chi connectivity index (χ1) is 16.3. The zero-order valence-corrected chi connectivity index (χ0v) is 20.1. The highest BCUT2D eigenvalue weighted by Crippen LogP contribution is 2.49. The van der Waals surface area contributed by atoms with Gasteiger partial charge in [-0.1, -0.05) is 55.8 Å². The second-order valence-electron chi connectivity index (χ2n) is 8.96. The number of carbonyl (C=O) groups is 2. The Morgan fingerprint density at radius 1 is 1.12 bits per heavy atom. The number of hydrogen-bond donors (Lipinski definition) is 0. The number of ketones is 1. The molecule has 0 aromatic heterocycles. The maximum atomic E-state index is 13.3. The highest BCUT2D eigenvalue weighted by Gasteiger charge is 2.45. The van der Waals surface area contributed by atoms with Crippen LogP contribution in [0.3, 0.4) is 0 Å². The van der Waals surface area contributed by atoms with Crippen molar-refractivity contribution >= 4 is 35.0 Å². The second kappa shape index (κ2) is 9.80. The van der Waals surface area contributed by atoms with E-state index in [4.69, 9.17) is 21.1 Å². The number of hydrogen-bond acceptors (Lipinski definition) is 6. The number of esters is 1. The first kappa shape index (κ1) is 23.7. The molecule has 2 aromatic carbocycles. The monoisotopic (exact) mass is 476 g/mol. The zero-order valence-electron chi connectivity index (χ0n) is 19.3. The summed E-state index contributed by atoms with van der Waals surface area (Å²) in [7, 11) is 0. The Hall–Kier alpha value is -3.47. The maximum Gasteiger partial charge on any atom is 0.340 e. The molecule has 4 rings (SSSR count). The van der Waals surface area contributed by atoms with Gasteiger partial charge in [-0.15, -0.1) is 4.99 Å². The van der Waals surface area contributed by atoms with Crippen LogP contribution in [-0.4, -0.2) is 24.4 Å². The van der Waals surface area contributed by atoms with Crippen LogP contribution < -0.4 is 0 Å². The molecule has 0 bridgehead atoms. The fraction of sp³-hybridized carbons (Fsp3) is 0.296. The maximum absolute atomic E-state index is 13.3. The van der Waals surface area contributed by atoms with E-state index in [9.17, 15) is 9.59 Å². The SMILES string of the molecule is CCOC(=O)C1=C(N=C=Nc2ccc(Cl)cc2)OC2=C(C(=O)CC(C)(C)C2)C1c1ccccc1. The molecule has 0 amide bonds. The van der Waals surface area contributed by atoms with E-state index < -0.39 is 11.9 Å². The van der Waals surface area contributed by atoms with E-state index in [2.05, 4.69) is 16.0 Å². The van der Waals surface area contributed by atoms with Crippen molar-refractivity contribution in [2.24, 2.45) is 15.4 Å². The standard InChI is InChI=1S/C27H25ClN2O4/c1-4-33-26(32)24-22(17-8-6-5-7-9-17)23-20(31)14-27(2,3)15-21(23)34-25(24)30-16-29-19-12-10-18(28)11-13-19/h5-13,22H,4,14-15H2,1-3H3. The highest BCUT2D eigenvalue weighted by molar-refractivity contribution is 6.30. The molecule has 0 spiro atoms. The van der Waals surface area contributed by atoms with Gasteiger partial charge in [-0.2, -0.15) is 4.99 Å². The Morgan fingerprint density at radius 3 is 2.50 bits per heavy atom. The van der Waals surface area contributed by atoms with E-state index in [-0.39, 0.29) is 29.3 Å². The fourth-order valence-electron chi connectivity index (χ4n) is 4.25. The average molecular weight is 477 g/mol. The lowest BCUT2D eigenvalue weighted by Crippen LogP contribution is -2.34. The summed E-state index contributed by atoms with van der Waals surface area (Å²) in [6.45, 7) is 5.94. The number of carbonyl (C=O) groups excluding carboxylic acids is 2. The van der Waals surface area contributed by atoms with Crippen molar-refractivity contribution in [3.8, 4) is 0 Å². The molecule has 1 unspecified atom stereocenters. The Kier molecular flexibility index (Phi) is 6.82. The summed E-state index contributed by atoms with van der Waals surface area (Å²) in [6, 6.07) is 18.9. The molecule has 174 valence electrons. The molecular weight excluding hydrogens is 452 g/mol. The van der Waals surface area contributed by atoms with Crippen molar-refractivity contribution in [3.63, 3.8) is 0 Å². The van der Waals surface area contributed by atoms with Gasteiger partial charge in [-0.25, -0.2) is 4.79 Å². The van der Waals surface area contributed by atoms with Crippen molar-refractivity contribution in [3.05, 3.63) is 88.0 Å². The molecule has 2 aliphatic rings. The predicted octanol–water partition coefficient (Wildman–Crippen LogP) is 6.38. The molecule has 1 aliphatic carbocycles. The first-order valence-corrected chi connectivity index (χ1v) is 11.5. The van der Waals surface area contributed by atoms with Gasteiger partial charge in [0.15, 0.2) is 5.78 Å². The van der Waals surface area contributed by atoms with E-state index >= 15 is 0 Å². The quantitative estimate of drug-likeness (QED) is 0.370. The molecule has 0 fully saturated rings. The normalized spacial score (nSPS) is 19.1. The van der Waals surface area contributed by atoms with Crippen LogP contribution in [-0.2, 0) is 19.1 Å². The van der Waals surface area contributed by atoms with Crippen molar-refractivity contribution in [1.29, 1.82) is 0 Å². The van der Waals surface area contributed by atoms with Gasteiger partial charge in [0.05, 0.1) is 18.2 Å². The minimum atomic E-state index is -0.649. The summed E-state index contributed by atoms with van der Waals surface area (Å²) < 4.78 is 11.5. The Labute approximate surface area is 203 Å². The number of rotatable bonds is 5. The van der Waals surface area contributed by atoms with Crippen LogP contribution in [0.5, 0.6) is 0 Å². The molecular formula is C27H25ClN2O4. The molecule has 7 heteroatoms. The summed E-state index contributed by atoms with van der Waals surface area (Å²) in [5, 5.41) is 0.591. The van der Waals surface area contributed by atoms with Crippen LogP contribution in [0.15, 0.2) is 87.4 Å². The van der Waals surface area contributed by atoms with E-state index in [1.807, 2.05) is 44.2 Å². The lowest BCUT2D eigenvalue weighted by Gasteiger charge is -2.37. The largest absolute Gasteiger partial charge is 0.462 e.